The smallest absolute Gasteiger partial charge is 0.164 e. The fraction of sp³-hybridized carbons (Fsp3) is 0.778. The molecule has 0 radical (unpaired) electrons. The predicted molar refractivity (Wildman–Crippen MR) is 64.9 cm³/mol. The van der Waals surface area contributed by atoms with E-state index < -0.39 is 0 Å². The van der Waals surface area contributed by atoms with Gasteiger partial charge in [0.2, 0.25) is 0 Å². The first-order chi connectivity index (χ1) is 7.15. The number of hydrogen-bond donors (Lipinski definition) is 2. The van der Waals surface area contributed by atoms with Crippen LogP contribution in [-0.2, 0) is 9.59 Å². The lowest BCUT2D eigenvalue weighted by Crippen LogP contribution is -2.44. The van der Waals surface area contributed by atoms with Gasteiger partial charge in [0, 0.05) is 17.4 Å². The summed E-state index contributed by atoms with van der Waals surface area (Å²) >= 11 is 0. The normalized spacial score (nSPS) is 29.1. The fourth-order valence-corrected chi connectivity index (χ4v) is 3.79. The van der Waals surface area contributed by atoms with Crippen LogP contribution in [0.2, 0.25) is 0 Å². The standard InChI is InChI=1S/C9H16N2O2S2/c1-6-4-14-15-5-7(8(12)2-10)11-3-9(6)13/h6-7,11H,2-5,10H2,1H3/t6-,7-/m1/s1. The highest BCUT2D eigenvalue weighted by Crippen LogP contribution is 2.26. The quantitative estimate of drug-likeness (QED) is 0.674. The molecule has 6 heteroatoms. The van der Waals surface area contributed by atoms with Crippen molar-refractivity contribution < 1.29 is 9.59 Å². The molecule has 1 rings (SSSR count). The van der Waals surface area contributed by atoms with E-state index in [2.05, 4.69) is 5.32 Å². The van der Waals surface area contributed by atoms with Crippen LogP contribution in [-0.4, -0.2) is 42.2 Å². The number of ketones is 2. The van der Waals surface area contributed by atoms with Crippen LogP contribution in [0, 0.1) is 5.92 Å². The zero-order valence-electron chi connectivity index (χ0n) is 8.69. The van der Waals surface area contributed by atoms with Crippen molar-refractivity contribution in [3.63, 3.8) is 0 Å². The summed E-state index contributed by atoms with van der Waals surface area (Å²) in [6.07, 6.45) is 0. The molecule has 0 spiro atoms. The van der Waals surface area contributed by atoms with Gasteiger partial charge in [-0.1, -0.05) is 28.5 Å². The number of rotatable bonds is 2. The molecule has 1 aliphatic rings. The van der Waals surface area contributed by atoms with Gasteiger partial charge in [-0.25, -0.2) is 0 Å². The van der Waals surface area contributed by atoms with Gasteiger partial charge in [0.1, 0.15) is 5.78 Å². The van der Waals surface area contributed by atoms with Crippen molar-refractivity contribution in [1.29, 1.82) is 0 Å². The molecule has 0 aromatic carbocycles. The molecule has 3 N–H and O–H groups in total. The van der Waals surface area contributed by atoms with Crippen molar-refractivity contribution in [2.24, 2.45) is 11.7 Å². The molecule has 1 heterocycles. The Morgan fingerprint density at radius 1 is 1.53 bits per heavy atom. The third-order valence-corrected chi connectivity index (χ3v) is 4.89. The third-order valence-electron chi connectivity index (χ3n) is 2.30. The Morgan fingerprint density at radius 2 is 2.20 bits per heavy atom. The van der Waals surface area contributed by atoms with E-state index in [4.69, 9.17) is 5.73 Å². The number of hydrogen-bond acceptors (Lipinski definition) is 6. The molecule has 0 aromatic heterocycles. The topological polar surface area (TPSA) is 72.2 Å². The second-order valence-corrected chi connectivity index (χ2v) is 6.09. The Balaban J connectivity index is 2.55. The lowest BCUT2D eigenvalue weighted by molar-refractivity contribution is -0.121. The molecule has 0 aromatic rings. The average Bonchev–Trinajstić information content (AvgIpc) is 2.32. The van der Waals surface area contributed by atoms with E-state index in [0.717, 1.165) is 5.75 Å². The molecular formula is C9H16N2O2S2. The molecule has 0 unspecified atom stereocenters. The van der Waals surface area contributed by atoms with Crippen molar-refractivity contribution >= 4 is 33.2 Å². The van der Waals surface area contributed by atoms with E-state index >= 15 is 0 Å². The van der Waals surface area contributed by atoms with Crippen LogP contribution in [0.25, 0.3) is 0 Å². The summed E-state index contributed by atoms with van der Waals surface area (Å²) in [5, 5.41) is 2.98. The minimum absolute atomic E-state index is 0.0227. The van der Waals surface area contributed by atoms with Crippen molar-refractivity contribution in [2.75, 3.05) is 24.6 Å². The van der Waals surface area contributed by atoms with Gasteiger partial charge in [0.25, 0.3) is 0 Å². The summed E-state index contributed by atoms with van der Waals surface area (Å²) in [4.78, 5) is 23.0. The highest BCUT2D eigenvalue weighted by Gasteiger charge is 2.22. The van der Waals surface area contributed by atoms with Gasteiger partial charge in [-0.05, 0) is 0 Å². The second kappa shape index (κ2) is 6.52. The Kier molecular flexibility index (Phi) is 5.66. The minimum Gasteiger partial charge on any atom is -0.324 e. The first kappa shape index (κ1) is 13.0. The van der Waals surface area contributed by atoms with E-state index in [1.165, 1.54) is 0 Å². The van der Waals surface area contributed by atoms with Crippen molar-refractivity contribution in [3.8, 4) is 0 Å². The molecule has 0 saturated carbocycles. The zero-order valence-corrected chi connectivity index (χ0v) is 10.3. The summed E-state index contributed by atoms with van der Waals surface area (Å²) in [5.74, 6) is 1.70. The Labute approximate surface area is 97.5 Å². The number of nitrogens with one attached hydrogen (secondary N) is 1. The molecule has 4 nitrogen and oxygen atoms in total. The monoisotopic (exact) mass is 248 g/mol. The van der Waals surface area contributed by atoms with Gasteiger partial charge in [-0.15, -0.1) is 0 Å². The number of carbonyl (C=O) groups excluding carboxylic acids is 2. The van der Waals surface area contributed by atoms with Crippen LogP contribution in [0.3, 0.4) is 0 Å². The van der Waals surface area contributed by atoms with Crippen LogP contribution in [0.5, 0.6) is 0 Å². The van der Waals surface area contributed by atoms with E-state index in [9.17, 15) is 9.59 Å². The number of nitrogens with two attached hydrogens (primary N) is 1. The van der Waals surface area contributed by atoms with Gasteiger partial charge in [-0.2, -0.15) is 0 Å². The SMILES string of the molecule is C[C@@H]1CSSC[C@H](C(=O)CN)NCC1=O. The zero-order chi connectivity index (χ0) is 11.3. The van der Waals surface area contributed by atoms with Gasteiger partial charge < -0.3 is 5.73 Å². The van der Waals surface area contributed by atoms with E-state index in [0.29, 0.717) is 5.75 Å². The molecule has 0 aliphatic carbocycles. The number of carbonyl (C=O) groups is 2. The summed E-state index contributed by atoms with van der Waals surface area (Å²) in [5.41, 5.74) is 5.30. The van der Waals surface area contributed by atoms with Crippen LogP contribution in [0.15, 0.2) is 0 Å². The summed E-state index contributed by atoms with van der Waals surface area (Å²) in [7, 11) is 3.27. The maximum Gasteiger partial charge on any atom is 0.164 e. The maximum absolute atomic E-state index is 11.5. The lowest BCUT2D eigenvalue weighted by Gasteiger charge is -2.14. The minimum atomic E-state index is -0.276. The summed E-state index contributed by atoms with van der Waals surface area (Å²) in [6.45, 7) is 2.23. The molecule has 2 atom stereocenters. The predicted octanol–water partition coefficient (Wildman–Crippen LogP) is 0.0726. The van der Waals surface area contributed by atoms with Crippen molar-refractivity contribution in [3.05, 3.63) is 0 Å². The molecule has 86 valence electrons. The summed E-state index contributed by atoms with van der Waals surface area (Å²) < 4.78 is 0. The Hall–Kier alpha value is -0.0400. The number of Topliss-reactive ketones (excluding diaryl/α,β-unsaturated/α-hetero) is 2. The third kappa shape index (κ3) is 4.14. The molecule has 1 saturated heterocycles. The molecule has 1 fully saturated rings. The highest BCUT2D eigenvalue weighted by atomic mass is 33.1. The second-order valence-electron chi connectivity index (χ2n) is 3.54. The lowest BCUT2D eigenvalue weighted by atomic mass is 10.1. The first-order valence-electron chi connectivity index (χ1n) is 4.88. The van der Waals surface area contributed by atoms with E-state index in [-0.39, 0.29) is 36.6 Å². The van der Waals surface area contributed by atoms with Gasteiger partial charge in [0.15, 0.2) is 5.78 Å². The molecule has 1 aliphatic heterocycles. The van der Waals surface area contributed by atoms with E-state index in [1.807, 2.05) is 6.92 Å². The molecule has 0 bridgehead atoms. The van der Waals surface area contributed by atoms with Crippen LogP contribution in [0.1, 0.15) is 6.92 Å². The molecule has 0 amide bonds. The first-order valence-corrected chi connectivity index (χ1v) is 7.37. The van der Waals surface area contributed by atoms with Gasteiger partial charge >= 0.3 is 0 Å². The van der Waals surface area contributed by atoms with Gasteiger partial charge in [-0.3, -0.25) is 14.9 Å². The Bertz CT molecular complexity index is 248. The maximum atomic E-state index is 11.5. The van der Waals surface area contributed by atoms with Crippen molar-refractivity contribution in [2.45, 2.75) is 13.0 Å². The molecule has 15 heavy (non-hydrogen) atoms. The van der Waals surface area contributed by atoms with Gasteiger partial charge in [0.05, 0.1) is 19.1 Å². The highest BCUT2D eigenvalue weighted by molar-refractivity contribution is 8.76. The van der Waals surface area contributed by atoms with Crippen LogP contribution < -0.4 is 11.1 Å². The van der Waals surface area contributed by atoms with Crippen LogP contribution in [0.4, 0.5) is 0 Å². The average molecular weight is 248 g/mol. The van der Waals surface area contributed by atoms with Crippen molar-refractivity contribution in [1.82, 2.24) is 5.32 Å². The fourth-order valence-electron chi connectivity index (χ4n) is 1.17. The largest absolute Gasteiger partial charge is 0.324 e. The van der Waals surface area contributed by atoms with E-state index in [1.54, 1.807) is 21.6 Å². The molecular weight excluding hydrogens is 232 g/mol. The Morgan fingerprint density at radius 3 is 2.87 bits per heavy atom. The van der Waals surface area contributed by atoms with Crippen LogP contribution >= 0.6 is 21.6 Å². The summed E-state index contributed by atoms with van der Waals surface area (Å²) in [6, 6.07) is -0.276.